The molecule has 2 atom stereocenters. The zero-order valence-corrected chi connectivity index (χ0v) is 47.6. The number of likely N-dealkylation sites (N-methyl/N-ethyl adjacent to an activating group) is 2. The second kappa shape index (κ2) is 20.5. The van der Waals surface area contributed by atoms with Crippen LogP contribution in [0.15, 0.2) is 98.2 Å². The Balaban J connectivity index is 0.827. The first-order valence-electron chi connectivity index (χ1n) is 28.8. The first kappa shape index (κ1) is 52.1. The Morgan fingerprint density at radius 1 is 0.541 bits per heavy atom. The zero-order chi connectivity index (χ0) is 57.8. The summed E-state index contributed by atoms with van der Waals surface area (Å²) in [6.07, 6.45) is 10.6. The van der Waals surface area contributed by atoms with Crippen molar-refractivity contribution in [2.75, 3.05) is 89.5 Å². The molecule has 0 radical (unpaired) electrons. The van der Waals surface area contributed by atoms with E-state index < -0.39 is 0 Å². The Bertz CT molecular complexity index is 4730. The van der Waals surface area contributed by atoms with Gasteiger partial charge in [0.15, 0.2) is 33.9 Å². The Labute approximate surface area is 485 Å². The summed E-state index contributed by atoms with van der Waals surface area (Å²) in [6, 6.07) is 20.0. The van der Waals surface area contributed by atoms with E-state index in [1.54, 1.807) is 18.6 Å². The molecule has 0 spiro atoms. The fourth-order valence-electron chi connectivity index (χ4n) is 13.1. The highest BCUT2D eigenvalue weighted by Gasteiger charge is 2.34. The third-order valence-corrected chi connectivity index (χ3v) is 17.0. The van der Waals surface area contributed by atoms with Crippen LogP contribution >= 0.6 is 0 Å². The predicted molar refractivity (Wildman–Crippen MR) is 326 cm³/mol. The second-order valence-corrected chi connectivity index (χ2v) is 23.0. The van der Waals surface area contributed by atoms with E-state index in [1.165, 1.54) is 19.0 Å². The Hall–Kier alpha value is -9.78. The van der Waals surface area contributed by atoms with Crippen LogP contribution in [0.5, 0.6) is 0 Å². The lowest BCUT2D eigenvalue weighted by molar-refractivity contribution is 0.0675. The summed E-state index contributed by atoms with van der Waals surface area (Å²) in [5.41, 5.74) is 12.3. The minimum absolute atomic E-state index is 0.0662. The van der Waals surface area contributed by atoms with Gasteiger partial charge in [-0.05, 0) is 88.4 Å². The number of aromatic nitrogens is 12. The van der Waals surface area contributed by atoms with Crippen molar-refractivity contribution in [1.82, 2.24) is 88.3 Å². The molecule has 12 aromatic rings. The molecule has 15 rings (SSSR count). The molecular formula is C61H61N21O3. The molecule has 3 aliphatic rings. The number of likely N-dealkylation sites (tertiary alicyclic amines) is 1. The van der Waals surface area contributed by atoms with Gasteiger partial charge in [0.05, 0.1) is 72.4 Å². The summed E-state index contributed by atoms with van der Waals surface area (Å²) in [5.74, 6) is -0.523. The van der Waals surface area contributed by atoms with Gasteiger partial charge in [-0.2, -0.15) is 0 Å². The van der Waals surface area contributed by atoms with E-state index in [9.17, 15) is 4.79 Å². The minimum Gasteiger partial charge on any atom is -0.387 e. The minimum atomic E-state index is -0.285. The fraction of sp³-hybridized carbons (Fsp3) is 0.311. The number of para-hydroxylation sites is 2. The maximum Gasteiger partial charge on any atom is 0.259 e. The van der Waals surface area contributed by atoms with E-state index in [4.69, 9.17) is 29.9 Å². The van der Waals surface area contributed by atoms with E-state index in [0.29, 0.717) is 134 Å². The lowest BCUT2D eigenvalue weighted by Gasteiger charge is -2.36. The number of imidazole rings is 3. The van der Waals surface area contributed by atoms with Crippen molar-refractivity contribution in [3.63, 3.8) is 0 Å². The number of benzene rings is 3. The summed E-state index contributed by atoms with van der Waals surface area (Å²) in [4.78, 5) is 96.5. The second-order valence-electron chi connectivity index (χ2n) is 23.0. The number of fused-ring (bicyclic) bond motifs is 15. The molecule has 24 heteroatoms. The average Bonchev–Trinajstić information content (AvgIpc) is 2.03. The van der Waals surface area contributed by atoms with E-state index >= 15 is 9.59 Å². The van der Waals surface area contributed by atoms with E-state index in [2.05, 4.69) is 78.3 Å². The van der Waals surface area contributed by atoms with Crippen LogP contribution in [0.4, 0.5) is 17.1 Å². The lowest BCUT2D eigenvalue weighted by atomic mass is 10.1. The van der Waals surface area contributed by atoms with Crippen molar-refractivity contribution < 1.29 is 14.4 Å². The first-order valence-corrected chi connectivity index (χ1v) is 28.8. The van der Waals surface area contributed by atoms with Crippen LogP contribution in [0.1, 0.15) is 62.5 Å². The Kier molecular flexibility index (Phi) is 12.6. The number of rotatable bonds is 11. The van der Waals surface area contributed by atoms with Crippen LogP contribution < -0.4 is 26.6 Å². The average molecular weight is 1140 g/mol. The summed E-state index contributed by atoms with van der Waals surface area (Å²) < 4.78 is 5.86. The molecular weight excluding hydrogens is 1070 g/mol. The van der Waals surface area contributed by atoms with Crippen LogP contribution in [0.25, 0.3) is 83.1 Å². The number of amides is 3. The molecule has 3 aromatic carbocycles. The standard InChI is InChI=1S/C61H61N21O3/c1-33-26-79(27-34(2)71-33)61(85)49-52(40-25-65-31-69-54(40)80-44-10-7-6-9-41(44)73-58(49)80)67-22-36-11-13-42-45(19-36)81-55-39(24-64-32-70-55)51(47(56(81)74-42)59(83)72-37-28-77(5)29-37)66-21-35-12-14-43-46(20-35)82-53-38(23-63-30-68-53)50(62-3)48(57(82)75-43)60(84)78-16-8-15-76(4)17-18-78/h6-7,9-14,19-20,23-25,30-34,37,62,66-67,71H,8,15-18,21-22,26-29H2,1-5H3,(H,72,83)/t33-,34+. The van der Waals surface area contributed by atoms with Gasteiger partial charge in [-0.1, -0.05) is 24.3 Å². The molecule has 24 nitrogen and oxygen atoms in total. The maximum absolute atomic E-state index is 15.1. The van der Waals surface area contributed by atoms with Crippen LogP contribution in [0.3, 0.4) is 0 Å². The van der Waals surface area contributed by atoms with Gasteiger partial charge in [-0.15, -0.1) is 0 Å². The number of carbonyl (C=O) groups excluding carboxylic acids is 3. The molecule has 5 N–H and O–H groups in total. The molecule has 0 bridgehead atoms. The molecule has 3 fully saturated rings. The van der Waals surface area contributed by atoms with Crippen molar-refractivity contribution in [2.45, 2.75) is 51.5 Å². The summed E-state index contributed by atoms with van der Waals surface area (Å²) in [7, 11) is 5.92. The molecule has 3 saturated heterocycles. The third-order valence-electron chi connectivity index (χ3n) is 17.0. The number of piperazine rings is 1. The summed E-state index contributed by atoms with van der Waals surface area (Å²) in [6.45, 7) is 10.1. The van der Waals surface area contributed by atoms with Crippen LogP contribution in [0.2, 0.25) is 0 Å². The highest BCUT2D eigenvalue weighted by atomic mass is 16.2. The van der Waals surface area contributed by atoms with Crippen molar-refractivity contribution >= 4 is 118 Å². The quantitative estimate of drug-likeness (QED) is 0.102. The number of hydrogen-bond donors (Lipinski definition) is 5. The lowest BCUT2D eigenvalue weighted by Crippen LogP contribution is -2.57. The van der Waals surface area contributed by atoms with Gasteiger partial charge in [0.1, 0.15) is 35.7 Å². The van der Waals surface area contributed by atoms with E-state index in [0.717, 1.165) is 52.7 Å². The molecule has 9 aromatic heterocycles. The molecule has 12 heterocycles. The highest BCUT2D eigenvalue weighted by molar-refractivity contribution is 6.16. The number of nitrogens with one attached hydrogen (secondary N) is 5. The third kappa shape index (κ3) is 8.68. The maximum atomic E-state index is 15.1. The normalized spacial score (nSPS) is 17.5. The number of nitrogens with zero attached hydrogens (tertiary/aromatic N) is 16. The topological polar surface area (TPSA) is 254 Å². The van der Waals surface area contributed by atoms with Crippen LogP contribution in [-0.4, -0.2) is 187 Å². The summed E-state index contributed by atoms with van der Waals surface area (Å²) in [5, 5.41) is 19.5. The molecule has 0 unspecified atom stereocenters. The molecule has 3 aliphatic heterocycles. The number of hydrogen-bond acceptors (Lipinski definition) is 18. The van der Waals surface area contributed by atoms with Crippen molar-refractivity contribution in [3.8, 4) is 0 Å². The number of carbonyl (C=O) groups is 3. The summed E-state index contributed by atoms with van der Waals surface area (Å²) >= 11 is 0. The van der Waals surface area contributed by atoms with Gasteiger partial charge in [-0.3, -0.25) is 27.6 Å². The van der Waals surface area contributed by atoms with Gasteiger partial charge >= 0.3 is 0 Å². The van der Waals surface area contributed by atoms with Gasteiger partial charge in [0.25, 0.3) is 17.7 Å². The fourth-order valence-corrected chi connectivity index (χ4v) is 13.1. The van der Waals surface area contributed by atoms with Crippen molar-refractivity contribution in [3.05, 3.63) is 126 Å². The van der Waals surface area contributed by atoms with E-state index in [1.807, 2.05) is 91.7 Å². The monoisotopic (exact) mass is 1140 g/mol. The van der Waals surface area contributed by atoms with Gasteiger partial charge in [0.2, 0.25) is 0 Å². The van der Waals surface area contributed by atoms with Crippen molar-refractivity contribution in [2.24, 2.45) is 0 Å². The van der Waals surface area contributed by atoms with Gasteiger partial charge < -0.3 is 46.2 Å². The number of anilines is 3. The largest absolute Gasteiger partial charge is 0.387 e. The Morgan fingerprint density at radius 2 is 1.05 bits per heavy atom. The molecule has 85 heavy (non-hydrogen) atoms. The Morgan fingerprint density at radius 3 is 1.62 bits per heavy atom. The molecule has 0 saturated carbocycles. The first-order chi connectivity index (χ1) is 41.5. The van der Waals surface area contributed by atoms with Crippen LogP contribution in [0, 0.1) is 0 Å². The highest BCUT2D eigenvalue weighted by Crippen LogP contribution is 2.38. The van der Waals surface area contributed by atoms with Crippen LogP contribution in [-0.2, 0) is 13.1 Å². The molecule has 0 aliphatic carbocycles. The van der Waals surface area contributed by atoms with Crippen molar-refractivity contribution in [1.29, 1.82) is 0 Å². The predicted octanol–water partition coefficient (Wildman–Crippen LogP) is 5.83. The number of pyridine rings is 3. The molecule has 3 amide bonds. The zero-order valence-electron chi connectivity index (χ0n) is 47.6. The smallest absolute Gasteiger partial charge is 0.259 e. The molecule has 428 valence electrons. The SMILES string of the molecule is CNc1c(C(=O)N2CCCN(C)CC2)c2nc3ccc(CNc4c(C(=O)NC5CN(C)C5)c5nc6ccc(CNc7c(C(=O)N8C[C@@H](C)N[C@@H](C)C8)c8nc9ccccc9n8c8ncncc78)cc6n5c5ncncc45)cc3n2c2ncncc12. The van der Waals surface area contributed by atoms with Gasteiger partial charge in [0, 0.05) is 96.6 Å². The van der Waals surface area contributed by atoms with E-state index in [-0.39, 0.29) is 48.9 Å². The van der Waals surface area contributed by atoms with Gasteiger partial charge in [-0.25, -0.2) is 44.9 Å².